The van der Waals surface area contributed by atoms with Crippen molar-refractivity contribution < 1.29 is 25.0 Å². The number of anilines is 1. The Kier molecular flexibility index (Phi) is 4.19. The summed E-state index contributed by atoms with van der Waals surface area (Å²) in [6.07, 6.45) is -5.53. The van der Waals surface area contributed by atoms with Gasteiger partial charge < -0.3 is 25.4 Å². The number of nitro benzene ring substituents is 1. The molecule has 0 aliphatic carbocycles. The van der Waals surface area contributed by atoms with E-state index in [0.29, 0.717) is 5.69 Å². The predicted octanol–water partition coefficient (Wildman–Crippen LogP) is -0.166. The lowest BCUT2D eigenvalue weighted by Gasteiger charge is -2.39. The van der Waals surface area contributed by atoms with E-state index < -0.39 is 35.6 Å². The predicted molar refractivity (Wildman–Crippen MR) is 69.1 cm³/mol. The van der Waals surface area contributed by atoms with E-state index in [1.54, 1.807) is 13.0 Å². The molecule has 20 heavy (non-hydrogen) atoms. The standard InChI is InChI=1S/C12H16N2O6/c1-6-9(15)10(16)11(17)12(20-6)13-7-3-2-4-8(5-7)14(18)19/h2-6,9-13,15-17H,1H3/t6-,9-,10-,11-,12+/m0/s1. The van der Waals surface area contributed by atoms with Crippen LogP contribution >= 0.6 is 0 Å². The van der Waals surface area contributed by atoms with E-state index in [4.69, 9.17) is 4.74 Å². The number of hydrogen-bond donors (Lipinski definition) is 4. The number of nitro groups is 1. The van der Waals surface area contributed by atoms with Crippen molar-refractivity contribution >= 4 is 11.4 Å². The van der Waals surface area contributed by atoms with Gasteiger partial charge in [-0.05, 0) is 13.0 Å². The third-order valence-corrected chi connectivity index (χ3v) is 3.22. The molecule has 8 heteroatoms. The third kappa shape index (κ3) is 2.88. The number of non-ortho nitro benzene ring substituents is 1. The van der Waals surface area contributed by atoms with Crippen molar-refractivity contribution in [2.45, 2.75) is 37.6 Å². The number of nitrogens with zero attached hydrogens (tertiary/aromatic N) is 1. The molecule has 4 N–H and O–H groups in total. The van der Waals surface area contributed by atoms with Crippen molar-refractivity contribution in [2.24, 2.45) is 0 Å². The number of ether oxygens (including phenoxy) is 1. The van der Waals surface area contributed by atoms with Crippen LogP contribution in [0.4, 0.5) is 11.4 Å². The summed E-state index contributed by atoms with van der Waals surface area (Å²) < 4.78 is 5.34. The average molecular weight is 284 g/mol. The van der Waals surface area contributed by atoms with Crippen molar-refractivity contribution in [1.29, 1.82) is 0 Å². The summed E-state index contributed by atoms with van der Waals surface area (Å²) in [6, 6.07) is 5.69. The lowest BCUT2D eigenvalue weighted by Crippen LogP contribution is -2.58. The van der Waals surface area contributed by atoms with Gasteiger partial charge in [0.1, 0.15) is 18.3 Å². The van der Waals surface area contributed by atoms with Gasteiger partial charge in [-0.1, -0.05) is 6.07 Å². The molecule has 0 saturated carbocycles. The molecule has 0 spiro atoms. The quantitative estimate of drug-likeness (QED) is 0.448. The van der Waals surface area contributed by atoms with Crippen molar-refractivity contribution in [3.05, 3.63) is 34.4 Å². The zero-order valence-electron chi connectivity index (χ0n) is 10.7. The fourth-order valence-electron chi connectivity index (χ4n) is 2.04. The number of aliphatic hydroxyl groups excluding tert-OH is 3. The zero-order valence-corrected chi connectivity index (χ0v) is 10.7. The topological polar surface area (TPSA) is 125 Å². The first-order valence-corrected chi connectivity index (χ1v) is 6.11. The first-order chi connectivity index (χ1) is 9.40. The maximum atomic E-state index is 10.7. The van der Waals surface area contributed by atoms with Gasteiger partial charge >= 0.3 is 0 Å². The molecule has 0 bridgehead atoms. The second-order valence-corrected chi connectivity index (χ2v) is 4.69. The molecule has 0 unspecified atom stereocenters. The van der Waals surface area contributed by atoms with Gasteiger partial charge in [0.15, 0.2) is 6.23 Å². The number of nitrogens with one attached hydrogen (secondary N) is 1. The molecule has 1 aliphatic rings. The van der Waals surface area contributed by atoms with Crippen LogP contribution in [-0.4, -0.2) is 50.9 Å². The smallest absolute Gasteiger partial charge is 0.271 e. The summed E-state index contributed by atoms with van der Waals surface area (Å²) in [5, 5.41) is 42.5. The monoisotopic (exact) mass is 284 g/mol. The SMILES string of the molecule is C[C@@H]1O[C@@H](Nc2cccc([N+](=O)[O-])c2)[C@@H](O)[C@@H](O)[C@H]1O. The van der Waals surface area contributed by atoms with E-state index in [-0.39, 0.29) is 5.69 Å². The molecule has 5 atom stereocenters. The van der Waals surface area contributed by atoms with E-state index >= 15 is 0 Å². The van der Waals surface area contributed by atoms with E-state index in [1.165, 1.54) is 18.2 Å². The summed E-state index contributed by atoms with van der Waals surface area (Å²) in [4.78, 5) is 10.1. The van der Waals surface area contributed by atoms with Crippen LogP contribution in [0.25, 0.3) is 0 Å². The van der Waals surface area contributed by atoms with E-state index in [9.17, 15) is 25.4 Å². The van der Waals surface area contributed by atoms with Crippen molar-refractivity contribution in [3.63, 3.8) is 0 Å². The highest BCUT2D eigenvalue weighted by atomic mass is 16.6. The molecule has 1 heterocycles. The van der Waals surface area contributed by atoms with Gasteiger partial charge in [0.25, 0.3) is 5.69 Å². The lowest BCUT2D eigenvalue weighted by atomic mass is 9.99. The summed E-state index contributed by atoms with van der Waals surface area (Å²) in [5.74, 6) is 0. The summed E-state index contributed by atoms with van der Waals surface area (Å²) >= 11 is 0. The summed E-state index contributed by atoms with van der Waals surface area (Å²) in [5.41, 5.74) is 0.271. The molecule has 1 saturated heterocycles. The Hall–Kier alpha value is -1.74. The Morgan fingerprint density at radius 3 is 2.60 bits per heavy atom. The van der Waals surface area contributed by atoms with Gasteiger partial charge in [-0.15, -0.1) is 0 Å². The fraction of sp³-hybridized carbons (Fsp3) is 0.500. The summed E-state index contributed by atoms with van der Waals surface area (Å²) in [6.45, 7) is 1.56. The van der Waals surface area contributed by atoms with Crippen molar-refractivity contribution in [2.75, 3.05) is 5.32 Å². The normalized spacial score (nSPS) is 33.7. The van der Waals surface area contributed by atoms with Gasteiger partial charge in [-0.25, -0.2) is 0 Å². The molecule has 0 amide bonds. The van der Waals surface area contributed by atoms with Gasteiger partial charge in [-0.2, -0.15) is 0 Å². The fourth-order valence-corrected chi connectivity index (χ4v) is 2.04. The first kappa shape index (κ1) is 14.7. The van der Waals surface area contributed by atoms with Gasteiger partial charge in [0, 0.05) is 17.8 Å². The molecular weight excluding hydrogens is 268 g/mol. The second kappa shape index (κ2) is 5.71. The van der Waals surface area contributed by atoms with Crippen molar-refractivity contribution in [3.8, 4) is 0 Å². The minimum absolute atomic E-state index is 0.103. The van der Waals surface area contributed by atoms with Crippen LogP contribution in [0.5, 0.6) is 0 Å². The number of hydrogen-bond acceptors (Lipinski definition) is 7. The van der Waals surface area contributed by atoms with Crippen LogP contribution in [-0.2, 0) is 4.74 Å². The molecular formula is C12H16N2O6. The molecule has 1 aromatic carbocycles. The minimum atomic E-state index is -1.35. The highest BCUT2D eigenvalue weighted by molar-refractivity contribution is 5.51. The van der Waals surface area contributed by atoms with E-state index in [0.717, 1.165) is 0 Å². The van der Waals surface area contributed by atoms with Crippen molar-refractivity contribution in [1.82, 2.24) is 0 Å². The minimum Gasteiger partial charge on any atom is -0.388 e. The number of aliphatic hydroxyl groups is 3. The average Bonchev–Trinajstić information content (AvgIpc) is 2.42. The van der Waals surface area contributed by atoms with Gasteiger partial charge in [0.2, 0.25) is 0 Å². The Labute approximate surface area is 114 Å². The molecule has 110 valence electrons. The Morgan fingerprint density at radius 2 is 1.95 bits per heavy atom. The molecule has 1 aromatic rings. The molecule has 0 radical (unpaired) electrons. The van der Waals surface area contributed by atoms with Crippen LogP contribution < -0.4 is 5.32 Å². The lowest BCUT2D eigenvalue weighted by molar-refractivity contribution is -0.384. The molecule has 2 rings (SSSR count). The van der Waals surface area contributed by atoms with Crippen LogP contribution in [0.3, 0.4) is 0 Å². The first-order valence-electron chi connectivity index (χ1n) is 6.11. The highest BCUT2D eigenvalue weighted by Crippen LogP contribution is 2.24. The Bertz CT molecular complexity index is 497. The zero-order chi connectivity index (χ0) is 14.9. The van der Waals surface area contributed by atoms with E-state index in [2.05, 4.69) is 5.32 Å². The van der Waals surface area contributed by atoms with Crippen LogP contribution in [0.1, 0.15) is 6.92 Å². The highest BCUT2D eigenvalue weighted by Gasteiger charge is 2.41. The second-order valence-electron chi connectivity index (χ2n) is 4.69. The number of rotatable bonds is 3. The van der Waals surface area contributed by atoms with Gasteiger partial charge in [-0.3, -0.25) is 10.1 Å². The summed E-state index contributed by atoms with van der Waals surface area (Å²) in [7, 11) is 0. The maximum absolute atomic E-state index is 10.7. The molecule has 8 nitrogen and oxygen atoms in total. The Morgan fingerprint density at radius 1 is 1.25 bits per heavy atom. The Balaban J connectivity index is 2.13. The maximum Gasteiger partial charge on any atom is 0.271 e. The third-order valence-electron chi connectivity index (χ3n) is 3.22. The van der Waals surface area contributed by atoms with Crippen LogP contribution in [0, 0.1) is 10.1 Å². The molecule has 0 aromatic heterocycles. The van der Waals surface area contributed by atoms with Crippen LogP contribution in [0.15, 0.2) is 24.3 Å². The molecule has 1 aliphatic heterocycles. The van der Waals surface area contributed by atoms with Gasteiger partial charge in [0.05, 0.1) is 11.0 Å². The van der Waals surface area contributed by atoms with Crippen LogP contribution in [0.2, 0.25) is 0 Å². The largest absolute Gasteiger partial charge is 0.388 e. The van der Waals surface area contributed by atoms with E-state index in [1.807, 2.05) is 0 Å². The molecule has 1 fully saturated rings. The number of benzene rings is 1.